The number of carbonyl (C=O) groups is 1. The van der Waals surface area contributed by atoms with Crippen LogP contribution in [0.25, 0.3) is 22.6 Å². The van der Waals surface area contributed by atoms with Crippen molar-refractivity contribution in [2.24, 2.45) is 0 Å². The number of carbonyl (C=O) groups excluding carboxylic acids is 1. The Labute approximate surface area is 144 Å². The van der Waals surface area contributed by atoms with Gasteiger partial charge in [0.05, 0.1) is 16.5 Å². The molecule has 3 aromatic rings. The van der Waals surface area contributed by atoms with Gasteiger partial charge in [0.1, 0.15) is 5.82 Å². The van der Waals surface area contributed by atoms with Crippen LogP contribution in [0.4, 0.5) is 5.69 Å². The van der Waals surface area contributed by atoms with Crippen molar-refractivity contribution >= 4 is 34.1 Å². The Morgan fingerprint density at radius 2 is 1.96 bits per heavy atom. The summed E-state index contributed by atoms with van der Waals surface area (Å²) in [6.45, 7) is 4.36. The first-order chi connectivity index (χ1) is 12.1. The van der Waals surface area contributed by atoms with Gasteiger partial charge in [0.25, 0.3) is 11.5 Å². The van der Waals surface area contributed by atoms with Crippen LogP contribution in [0.1, 0.15) is 23.9 Å². The topological polar surface area (TPSA) is 64.0 Å². The van der Waals surface area contributed by atoms with E-state index in [9.17, 15) is 9.59 Å². The number of nitrogens with one attached hydrogen (secondary N) is 1. The van der Waals surface area contributed by atoms with Gasteiger partial charge in [-0.3, -0.25) is 14.2 Å². The number of anilines is 1. The molecule has 0 unspecified atom stereocenters. The molecule has 0 saturated heterocycles. The molecular formula is C20H17N3O2. The average Bonchev–Trinajstić information content (AvgIpc) is 2.90. The van der Waals surface area contributed by atoms with E-state index in [1.54, 1.807) is 16.7 Å². The Bertz CT molecular complexity index is 1110. The molecule has 1 aliphatic heterocycles. The summed E-state index contributed by atoms with van der Waals surface area (Å²) in [5.41, 5.74) is 3.77. The molecule has 1 N–H and O–H groups in total. The van der Waals surface area contributed by atoms with Gasteiger partial charge in [-0.25, -0.2) is 4.98 Å². The summed E-state index contributed by atoms with van der Waals surface area (Å²) in [6, 6.07) is 13.1. The number of hydrogen-bond donors (Lipinski definition) is 1. The monoisotopic (exact) mass is 331 g/mol. The second-order valence-corrected chi connectivity index (χ2v) is 6.10. The minimum Gasteiger partial charge on any atom is -0.321 e. The number of para-hydroxylation sites is 1. The second-order valence-electron chi connectivity index (χ2n) is 6.10. The third kappa shape index (κ3) is 2.45. The van der Waals surface area contributed by atoms with Crippen molar-refractivity contribution in [3.8, 4) is 0 Å². The third-order valence-electron chi connectivity index (χ3n) is 4.44. The van der Waals surface area contributed by atoms with Gasteiger partial charge < -0.3 is 5.32 Å². The number of amides is 1. The van der Waals surface area contributed by atoms with Crippen LogP contribution in [0.2, 0.25) is 0 Å². The fourth-order valence-electron chi connectivity index (χ4n) is 3.18. The molecule has 1 aliphatic rings. The van der Waals surface area contributed by atoms with E-state index in [0.717, 1.165) is 16.8 Å². The van der Waals surface area contributed by atoms with E-state index in [0.29, 0.717) is 28.8 Å². The summed E-state index contributed by atoms with van der Waals surface area (Å²) < 4.78 is 1.59. The van der Waals surface area contributed by atoms with Crippen molar-refractivity contribution in [2.75, 3.05) is 5.32 Å². The number of fused-ring (bicyclic) bond motifs is 2. The fourth-order valence-corrected chi connectivity index (χ4v) is 3.18. The van der Waals surface area contributed by atoms with Crippen molar-refractivity contribution in [3.05, 3.63) is 69.8 Å². The fraction of sp³-hybridized carbons (Fsp3) is 0.150. The number of nitrogens with zero attached hydrogens (tertiary/aromatic N) is 2. The largest absolute Gasteiger partial charge is 0.321 e. The zero-order valence-electron chi connectivity index (χ0n) is 14.0. The Morgan fingerprint density at radius 3 is 2.76 bits per heavy atom. The van der Waals surface area contributed by atoms with Crippen LogP contribution in [-0.4, -0.2) is 15.5 Å². The molecule has 25 heavy (non-hydrogen) atoms. The van der Waals surface area contributed by atoms with E-state index >= 15 is 0 Å². The van der Waals surface area contributed by atoms with Crippen LogP contribution in [-0.2, 0) is 11.3 Å². The normalized spacial score (nSPS) is 14.8. The van der Waals surface area contributed by atoms with Crippen molar-refractivity contribution in [2.45, 2.75) is 20.4 Å². The highest BCUT2D eigenvalue weighted by atomic mass is 16.2. The van der Waals surface area contributed by atoms with E-state index in [-0.39, 0.29) is 11.5 Å². The average molecular weight is 331 g/mol. The summed E-state index contributed by atoms with van der Waals surface area (Å²) >= 11 is 0. The Hall–Kier alpha value is -3.21. The summed E-state index contributed by atoms with van der Waals surface area (Å²) in [7, 11) is 0. The van der Waals surface area contributed by atoms with Gasteiger partial charge in [-0.1, -0.05) is 23.8 Å². The predicted molar refractivity (Wildman–Crippen MR) is 99.4 cm³/mol. The highest BCUT2D eigenvalue weighted by molar-refractivity contribution is 6.34. The van der Waals surface area contributed by atoms with Gasteiger partial charge in [0.15, 0.2) is 0 Å². The molecule has 5 nitrogen and oxygen atoms in total. The van der Waals surface area contributed by atoms with Gasteiger partial charge in [-0.15, -0.1) is 0 Å². The van der Waals surface area contributed by atoms with Crippen LogP contribution >= 0.6 is 0 Å². The van der Waals surface area contributed by atoms with E-state index in [1.165, 1.54) is 0 Å². The molecule has 4 rings (SSSR count). The molecule has 1 aromatic heterocycles. The first-order valence-electron chi connectivity index (χ1n) is 8.22. The van der Waals surface area contributed by atoms with Crippen molar-refractivity contribution in [1.82, 2.24) is 9.55 Å². The van der Waals surface area contributed by atoms with Crippen LogP contribution in [0.3, 0.4) is 0 Å². The molecule has 0 atom stereocenters. The number of aryl methyl sites for hydroxylation is 1. The van der Waals surface area contributed by atoms with Crippen LogP contribution in [0.15, 0.2) is 47.3 Å². The molecule has 0 spiro atoms. The van der Waals surface area contributed by atoms with Gasteiger partial charge in [-0.2, -0.15) is 0 Å². The Kier molecular flexibility index (Phi) is 3.50. The molecule has 0 saturated carbocycles. The van der Waals surface area contributed by atoms with E-state index in [4.69, 9.17) is 0 Å². The summed E-state index contributed by atoms with van der Waals surface area (Å²) in [4.78, 5) is 29.7. The molecule has 0 bridgehead atoms. The SMILES string of the molecule is CCn1c(C=C2C(=O)Nc3ccc(C)cc32)nc2ccccc2c1=O. The molecular weight excluding hydrogens is 314 g/mol. The highest BCUT2D eigenvalue weighted by Gasteiger charge is 2.24. The lowest BCUT2D eigenvalue weighted by molar-refractivity contribution is -0.110. The molecule has 124 valence electrons. The Balaban J connectivity index is 1.97. The number of aromatic nitrogens is 2. The van der Waals surface area contributed by atoms with Gasteiger partial charge in [-0.05, 0) is 44.2 Å². The standard InChI is InChI=1S/C20H17N3O2/c1-3-23-18(21-16-7-5-4-6-13(16)20(23)25)11-15-14-10-12(2)8-9-17(14)22-19(15)24/h4-11H,3H2,1-2H3,(H,22,24). The minimum atomic E-state index is -0.175. The zero-order chi connectivity index (χ0) is 17.6. The summed E-state index contributed by atoms with van der Waals surface area (Å²) in [5.74, 6) is 0.316. The highest BCUT2D eigenvalue weighted by Crippen LogP contribution is 2.33. The number of hydrogen-bond acceptors (Lipinski definition) is 3. The minimum absolute atomic E-state index is 0.0946. The Morgan fingerprint density at radius 1 is 1.16 bits per heavy atom. The van der Waals surface area contributed by atoms with Crippen LogP contribution in [0, 0.1) is 6.92 Å². The quantitative estimate of drug-likeness (QED) is 0.733. The lowest BCUT2D eigenvalue weighted by atomic mass is 10.0. The van der Waals surface area contributed by atoms with Crippen molar-refractivity contribution in [3.63, 3.8) is 0 Å². The molecule has 2 heterocycles. The smallest absolute Gasteiger partial charge is 0.261 e. The molecule has 1 amide bonds. The molecule has 0 aliphatic carbocycles. The lowest BCUT2D eigenvalue weighted by Gasteiger charge is -2.09. The molecule has 0 fully saturated rings. The van der Waals surface area contributed by atoms with Crippen LogP contribution < -0.4 is 10.9 Å². The third-order valence-corrected chi connectivity index (χ3v) is 4.44. The zero-order valence-corrected chi connectivity index (χ0v) is 14.0. The number of rotatable bonds is 2. The maximum absolute atomic E-state index is 12.7. The summed E-state index contributed by atoms with van der Waals surface area (Å²) in [5, 5.41) is 3.44. The van der Waals surface area contributed by atoms with Crippen LogP contribution in [0.5, 0.6) is 0 Å². The van der Waals surface area contributed by atoms with E-state index in [2.05, 4.69) is 10.3 Å². The number of benzene rings is 2. The lowest BCUT2D eigenvalue weighted by Crippen LogP contribution is -2.23. The van der Waals surface area contributed by atoms with Crippen molar-refractivity contribution < 1.29 is 4.79 Å². The molecule has 0 radical (unpaired) electrons. The maximum Gasteiger partial charge on any atom is 0.261 e. The van der Waals surface area contributed by atoms with Gasteiger partial charge in [0.2, 0.25) is 0 Å². The van der Waals surface area contributed by atoms with E-state index < -0.39 is 0 Å². The molecule has 5 heteroatoms. The summed E-state index contributed by atoms with van der Waals surface area (Å²) in [6.07, 6.45) is 1.71. The van der Waals surface area contributed by atoms with Gasteiger partial charge in [0, 0.05) is 17.8 Å². The van der Waals surface area contributed by atoms with Gasteiger partial charge >= 0.3 is 0 Å². The second kappa shape index (κ2) is 5.70. The molecule has 2 aromatic carbocycles. The first-order valence-corrected chi connectivity index (χ1v) is 8.22. The van der Waals surface area contributed by atoms with Crippen molar-refractivity contribution in [1.29, 1.82) is 0 Å². The maximum atomic E-state index is 12.7. The predicted octanol–water partition coefficient (Wildman–Crippen LogP) is 3.22. The van der Waals surface area contributed by atoms with E-state index in [1.807, 2.05) is 50.2 Å². The first kappa shape index (κ1) is 15.3.